The molecule has 0 spiro atoms. The summed E-state index contributed by atoms with van der Waals surface area (Å²) in [6, 6.07) is 6.76. The number of halogens is 2. The Labute approximate surface area is 118 Å². The molecule has 1 N–H and O–H groups in total. The van der Waals surface area contributed by atoms with Crippen LogP contribution >= 0.6 is 0 Å². The highest BCUT2D eigenvalue weighted by atomic mass is 32.2. The summed E-state index contributed by atoms with van der Waals surface area (Å²) in [5.74, 6) is -2.45. The summed E-state index contributed by atoms with van der Waals surface area (Å²) in [5.41, 5.74) is -0.142. The number of rotatable bonds is 4. The van der Waals surface area contributed by atoms with E-state index in [1.165, 1.54) is 12.1 Å². The van der Waals surface area contributed by atoms with Crippen molar-refractivity contribution in [1.29, 1.82) is 0 Å². The molecule has 2 aromatic carbocycles. The predicted octanol–water partition coefficient (Wildman–Crippen LogP) is 2.67. The fourth-order valence-corrected chi connectivity index (χ4v) is 2.58. The number of nitrogens with zero attached hydrogens (tertiary/aromatic N) is 1. The van der Waals surface area contributed by atoms with Gasteiger partial charge in [-0.1, -0.05) is 0 Å². The lowest BCUT2D eigenvalue weighted by molar-refractivity contribution is -0.384. The van der Waals surface area contributed by atoms with E-state index in [0.29, 0.717) is 12.1 Å². The van der Waals surface area contributed by atoms with E-state index in [1.54, 1.807) is 0 Å². The van der Waals surface area contributed by atoms with E-state index in [9.17, 15) is 27.3 Å². The van der Waals surface area contributed by atoms with Crippen LogP contribution in [0.15, 0.2) is 47.4 Å². The molecule has 21 heavy (non-hydrogen) atoms. The van der Waals surface area contributed by atoms with Crippen LogP contribution in [0.1, 0.15) is 0 Å². The highest BCUT2D eigenvalue weighted by Gasteiger charge is 2.17. The number of sulfonamides is 1. The highest BCUT2D eigenvalue weighted by Crippen LogP contribution is 2.20. The molecule has 0 unspecified atom stereocenters. The zero-order valence-corrected chi connectivity index (χ0v) is 11.1. The number of anilines is 1. The van der Waals surface area contributed by atoms with Crippen LogP contribution in [0.2, 0.25) is 0 Å². The normalized spacial score (nSPS) is 11.1. The van der Waals surface area contributed by atoms with E-state index >= 15 is 0 Å². The van der Waals surface area contributed by atoms with E-state index in [-0.39, 0.29) is 11.4 Å². The lowest BCUT2D eigenvalue weighted by Crippen LogP contribution is -2.13. The molecule has 0 heterocycles. The van der Waals surface area contributed by atoms with Gasteiger partial charge in [-0.3, -0.25) is 14.8 Å². The molecule has 0 saturated heterocycles. The Morgan fingerprint density at radius 3 is 2.14 bits per heavy atom. The summed E-state index contributed by atoms with van der Waals surface area (Å²) < 4.78 is 51.8. The third kappa shape index (κ3) is 3.31. The Hall–Kier alpha value is -2.55. The minimum atomic E-state index is -4.11. The van der Waals surface area contributed by atoms with Gasteiger partial charge in [0.2, 0.25) is 0 Å². The van der Waals surface area contributed by atoms with E-state index in [1.807, 2.05) is 0 Å². The summed E-state index contributed by atoms with van der Waals surface area (Å²) in [5, 5.41) is 10.5. The molecule has 2 aromatic rings. The van der Waals surface area contributed by atoms with Gasteiger partial charge in [0.15, 0.2) is 11.6 Å². The first-order valence-corrected chi connectivity index (χ1v) is 7.00. The third-order valence-electron chi connectivity index (χ3n) is 2.53. The number of hydrogen-bond acceptors (Lipinski definition) is 4. The predicted molar refractivity (Wildman–Crippen MR) is 70.3 cm³/mol. The Morgan fingerprint density at radius 2 is 1.62 bits per heavy atom. The smallest absolute Gasteiger partial charge is 0.269 e. The van der Waals surface area contributed by atoms with E-state index in [4.69, 9.17) is 0 Å². The molecule has 6 nitrogen and oxygen atoms in total. The van der Waals surface area contributed by atoms with Crippen LogP contribution in [0.4, 0.5) is 20.2 Å². The lowest BCUT2D eigenvalue weighted by atomic mass is 10.3. The van der Waals surface area contributed by atoms with Crippen LogP contribution in [0.3, 0.4) is 0 Å². The Morgan fingerprint density at radius 1 is 1.00 bits per heavy atom. The molecule has 110 valence electrons. The molecule has 0 aliphatic heterocycles. The molecule has 0 bridgehead atoms. The monoisotopic (exact) mass is 314 g/mol. The van der Waals surface area contributed by atoms with Gasteiger partial charge >= 0.3 is 0 Å². The van der Waals surface area contributed by atoms with E-state index < -0.39 is 31.5 Å². The van der Waals surface area contributed by atoms with Gasteiger partial charge in [0.25, 0.3) is 15.7 Å². The highest BCUT2D eigenvalue weighted by molar-refractivity contribution is 7.92. The maximum Gasteiger partial charge on any atom is 0.269 e. The second kappa shape index (κ2) is 5.44. The molecular formula is C12H8F2N2O4S. The summed E-state index contributed by atoms with van der Waals surface area (Å²) in [6.07, 6.45) is 0. The molecule has 2 rings (SSSR count). The van der Waals surface area contributed by atoms with Crippen molar-refractivity contribution in [3.8, 4) is 0 Å². The summed E-state index contributed by atoms with van der Waals surface area (Å²) >= 11 is 0. The Balaban J connectivity index is 2.28. The third-order valence-corrected chi connectivity index (χ3v) is 3.91. The van der Waals surface area contributed by atoms with Crippen LogP contribution in [0.25, 0.3) is 0 Å². The molecule has 0 aromatic heterocycles. The maximum absolute atomic E-state index is 13.0. The van der Waals surface area contributed by atoms with Gasteiger partial charge in [-0.25, -0.2) is 17.2 Å². The fraction of sp³-hybridized carbons (Fsp3) is 0. The van der Waals surface area contributed by atoms with Crippen molar-refractivity contribution in [3.63, 3.8) is 0 Å². The van der Waals surface area contributed by atoms with Crippen molar-refractivity contribution in [2.45, 2.75) is 4.90 Å². The van der Waals surface area contributed by atoms with Crippen molar-refractivity contribution < 1.29 is 22.1 Å². The van der Waals surface area contributed by atoms with Crippen molar-refractivity contribution in [1.82, 2.24) is 0 Å². The second-order valence-corrected chi connectivity index (χ2v) is 5.67. The van der Waals surface area contributed by atoms with Gasteiger partial charge < -0.3 is 0 Å². The molecule has 0 saturated carbocycles. The number of nitrogens with one attached hydrogen (secondary N) is 1. The average Bonchev–Trinajstić information content (AvgIpc) is 2.42. The quantitative estimate of drug-likeness (QED) is 0.694. The minimum Gasteiger partial charge on any atom is -0.280 e. The summed E-state index contributed by atoms with van der Waals surface area (Å²) in [6.45, 7) is 0. The van der Waals surface area contributed by atoms with Gasteiger partial charge in [-0.15, -0.1) is 0 Å². The maximum atomic E-state index is 13.0. The minimum absolute atomic E-state index is 0.0605. The van der Waals surface area contributed by atoms with Crippen molar-refractivity contribution in [2.24, 2.45) is 0 Å². The molecule has 0 aliphatic rings. The van der Waals surface area contributed by atoms with Crippen molar-refractivity contribution in [3.05, 3.63) is 64.2 Å². The van der Waals surface area contributed by atoms with Gasteiger partial charge in [-0.2, -0.15) is 0 Å². The Kier molecular flexibility index (Phi) is 3.85. The zero-order chi connectivity index (χ0) is 15.6. The number of benzene rings is 2. The topological polar surface area (TPSA) is 89.3 Å². The molecule has 0 atom stereocenters. The van der Waals surface area contributed by atoms with Crippen LogP contribution in [0.5, 0.6) is 0 Å². The molecule has 0 radical (unpaired) electrons. The largest absolute Gasteiger partial charge is 0.280 e. The average molecular weight is 314 g/mol. The Bertz CT molecular complexity index is 791. The summed E-state index contributed by atoms with van der Waals surface area (Å²) in [4.78, 5) is 9.39. The van der Waals surface area contributed by atoms with Crippen LogP contribution in [-0.4, -0.2) is 13.3 Å². The van der Waals surface area contributed by atoms with Gasteiger partial charge in [-0.05, 0) is 30.3 Å². The fourth-order valence-electron chi connectivity index (χ4n) is 1.51. The van der Waals surface area contributed by atoms with Gasteiger partial charge in [0.05, 0.1) is 9.82 Å². The van der Waals surface area contributed by atoms with Gasteiger partial charge in [0.1, 0.15) is 0 Å². The first kappa shape index (κ1) is 14.9. The molecule has 0 amide bonds. The first-order chi connectivity index (χ1) is 9.79. The van der Waals surface area contributed by atoms with Crippen LogP contribution in [0, 0.1) is 21.7 Å². The van der Waals surface area contributed by atoms with E-state index in [2.05, 4.69) is 4.72 Å². The number of nitro benzene ring substituents is 1. The summed E-state index contributed by atoms with van der Waals surface area (Å²) in [7, 11) is -4.11. The van der Waals surface area contributed by atoms with Crippen molar-refractivity contribution in [2.75, 3.05) is 4.72 Å². The molecule has 0 fully saturated rings. The number of nitro groups is 1. The van der Waals surface area contributed by atoms with Crippen molar-refractivity contribution >= 4 is 21.4 Å². The molecule has 9 heteroatoms. The van der Waals surface area contributed by atoms with Crippen LogP contribution in [-0.2, 0) is 10.0 Å². The van der Waals surface area contributed by atoms with Crippen LogP contribution < -0.4 is 4.72 Å². The van der Waals surface area contributed by atoms with E-state index in [0.717, 1.165) is 18.2 Å². The standard InChI is InChI=1S/C12H8F2N2O4S/c13-11-6-5-10(7-12(11)14)21(19,20)15-8-1-3-9(4-2-8)16(17)18/h1-7,15H. The number of non-ortho nitro benzene ring substituents is 1. The second-order valence-electron chi connectivity index (χ2n) is 3.99. The molecular weight excluding hydrogens is 306 g/mol. The first-order valence-electron chi connectivity index (χ1n) is 5.52. The SMILES string of the molecule is O=[N+]([O-])c1ccc(NS(=O)(=O)c2ccc(F)c(F)c2)cc1. The van der Waals surface area contributed by atoms with Gasteiger partial charge in [0, 0.05) is 17.8 Å². The number of hydrogen-bond donors (Lipinski definition) is 1. The lowest BCUT2D eigenvalue weighted by Gasteiger charge is -2.08. The zero-order valence-electron chi connectivity index (χ0n) is 10.3. The molecule has 0 aliphatic carbocycles.